The molecule has 1 aliphatic heterocycles. The summed E-state index contributed by atoms with van der Waals surface area (Å²) in [6, 6.07) is 1.57. The lowest BCUT2D eigenvalue weighted by Crippen LogP contribution is -2.28. The standard InChI is InChI=1S/C10H16N3O7P/c1-11-8-2-3-13(10(15)12-8)9-4-6(14)7(20-9)5-19-21(16,17)18/h2-3,6-7,9,14H,4-5H2,1H3,(H,11,12,15)(H2,16,17,18)/t6-,7+,9+/m0/s1. The summed E-state index contributed by atoms with van der Waals surface area (Å²) in [5, 5.41) is 12.5. The molecule has 1 aromatic heterocycles. The fraction of sp³-hybridized carbons (Fsp3) is 0.600. The van der Waals surface area contributed by atoms with Crippen molar-refractivity contribution in [2.45, 2.75) is 24.9 Å². The van der Waals surface area contributed by atoms with E-state index in [0.717, 1.165) is 0 Å². The molecule has 0 spiro atoms. The first-order chi connectivity index (χ1) is 9.80. The Morgan fingerprint density at radius 3 is 2.90 bits per heavy atom. The highest BCUT2D eigenvalue weighted by Gasteiger charge is 2.36. The molecule has 21 heavy (non-hydrogen) atoms. The summed E-state index contributed by atoms with van der Waals surface area (Å²) in [5.41, 5.74) is -0.560. The third-order valence-corrected chi connectivity index (χ3v) is 3.49. The van der Waals surface area contributed by atoms with Gasteiger partial charge in [-0.3, -0.25) is 9.09 Å². The number of hydrogen-bond donors (Lipinski definition) is 4. The third-order valence-electron chi connectivity index (χ3n) is 3.01. The SMILES string of the molecule is CNc1ccn([C@H]2C[C@H](O)[C@@H](COP(=O)(O)O)O2)c(=O)n1. The van der Waals surface area contributed by atoms with Crippen LogP contribution < -0.4 is 11.0 Å². The number of aromatic nitrogens is 2. The van der Waals surface area contributed by atoms with Crippen molar-refractivity contribution in [2.24, 2.45) is 0 Å². The van der Waals surface area contributed by atoms with Gasteiger partial charge in [0, 0.05) is 19.7 Å². The summed E-state index contributed by atoms with van der Waals surface area (Å²) in [6.45, 7) is -0.473. The number of aliphatic hydroxyl groups excluding tert-OH is 1. The van der Waals surface area contributed by atoms with E-state index < -0.39 is 38.6 Å². The molecule has 0 unspecified atom stereocenters. The van der Waals surface area contributed by atoms with Crippen LogP contribution in [0, 0.1) is 0 Å². The zero-order valence-corrected chi connectivity index (χ0v) is 12.0. The lowest BCUT2D eigenvalue weighted by atomic mass is 10.2. The average molecular weight is 321 g/mol. The van der Waals surface area contributed by atoms with E-state index in [9.17, 15) is 14.5 Å². The molecule has 0 radical (unpaired) electrons. The topological polar surface area (TPSA) is 143 Å². The maximum atomic E-state index is 11.8. The average Bonchev–Trinajstić information content (AvgIpc) is 2.76. The van der Waals surface area contributed by atoms with Crippen molar-refractivity contribution in [3.8, 4) is 0 Å². The predicted octanol–water partition coefficient (Wildman–Crippen LogP) is -0.957. The third kappa shape index (κ3) is 4.10. The molecular formula is C10H16N3O7P. The molecule has 10 nitrogen and oxygen atoms in total. The molecule has 1 aliphatic rings. The van der Waals surface area contributed by atoms with Crippen LogP contribution in [0.5, 0.6) is 0 Å². The molecule has 0 aromatic carbocycles. The fourth-order valence-corrected chi connectivity index (χ4v) is 2.32. The Kier molecular flexibility index (Phi) is 4.77. The Morgan fingerprint density at radius 2 is 2.33 bits per heavy atom. The number of hydrogen-bond acceptors (Lipinski definition) is 7. The number of anilines is 1. The molecule has 0 saturated carbocycles. The molecule has 1 saturated heterocycles. The van der Waals surface area contributed by atoms with Crippen LogP contribution in [0.2, 0.25) is 0 Å². The summed E-state index contributed by atoms with van der Waals surface area (Å²) >= 11 is 0. The van der Waals surface area contributed by atoms with Gasteiger partial charge < -0.3 is 24.9 Å². The maximum absolute atomic E-state index is 11.8. The summed E-state index contributed by atoms with van der Waals surface area (Å²) in [4.78, 5) is 32.8. The van der Waals surface area contributed by atoms with Gasteiger partial charge in [-0.1, -0.05) is 0 Å². The highest BCUT2D eigenvalue weighted by atomic mass is 31.2. The Morgan fingerprint density at radius 1 is 1.62 bits per heavy atom. The van der Waals surface area contributed by atoms with Gasteiger partial charge in [-0.2, -0.15) is 4.98 Å². The number of nitrogens with zero attached hydrogens (tertiary/aromatic N) is 2. The molecule has 0 amide bonds. The van der Waals surface area contributed by atoms with E-state index in [2.05, 4.69) is 14.8 Å². The van der Waals surface area contributed by atoms with Crippen LogP contribution in [-0.2, 0) is 13.8 Å². The fourth-order valence-electron chi connectivity index (χ4n) is 1.98. The van der Waals surface area contributed by atoms with Gasteiger partial charge in [0.2, 0.25) is 0 Å². The second-order valence-corrected chi connectivity index (χ2v) is 5.71. The summed E-state index contributed by atoms with van der Waals surface area (Å²) in [5.74, 6) is 0.399. The molecule has 3 atom stereocenters. The Labute approximate surface area is 119 Å². The van der Waals surface area contributed by atoms with Crippen LogP contribution in [0.1, 0.15) is 12.6 Å². The Balaban J connectivity index is 2.07. The summed E-state index contributed by atoms with van der Waals surface area (Å²) in [6.07, 6.45) is -1.15. The predicted molar refractivity (Wildman–Crippen MR) is 70.6 cm³/mol. The number of nitrogens with one attached hydrogen (secondary N) is 1. The van der Waals surface area contributed by atoms with Crippen molar-refractivity contribution in [2.75, 3.05) is 19.0 Å². The summed E-state index contributed by atoms with van der Waals surface area (Å²) < 4.78 is 21.5. The van der Waals surface area contributed by atoms with Crippen LogP contribution in [-0.4, -0.2) is 50.3 Å². The second-order valence-electron chi connectivity index (χ2n) is 4.47. The monoisotopic (exact) mass is 321 g/mol. The Hall–Kier alpha value is -1.29. The molecule has 1 fully saturated rings. The molecule has 0 bridgehead atoms. The number of rotatable bonds is 5. The molecule has 1 aromatic rings. The van der Waals surface area contributed by atoms with Gasteiger partial charge in [-0.25, -0.2) is 9.36 Å². The highest BCUT2D eigenvalue weighted by Crippen LogP contribution is 2.38. The zero-order valence-electron chi connectivity index (χ0n) is 11.1. The minimum atomic E-state index is -4.64. The largest absolute Gasteiger partial charge is 0.469 e. The van der Waals surface area contributed by atoms with Gasteiger partial charge in [0.1, 0.15) is 18.1 Å². The van der Waals surface area contributed by atoms with Gasteiger partial charge in [0.05, 0.1) is 12.7 Å². The number of phosphoric ester groups is 1. The van der Waals surface area contributed by atoms with E-state index in [1.807, 2.05) is 0 Å². The minimum Gasteiger partial charge on any atom is -0.390 e. The van der Waals surface area contributed by atoms with Crippen molar-refractivity contribution >= 4 is 13.6 Å². The van der Waals surface area contributed by atoms with Gasteiger partial charge in [0.15, 0.2) is 0 Å². The van der Waals surface area contributed by atoms with Crippen LogP contribution >= 0.6 is 7.82 Å². The normalized spacial score (nSPS) is 26.0. The lowest BCUT2D eigenvalue weighted by Gasteiger charge is -2.16. The molecular weight excluding hydrogens is 305 g/mol. The first kappa shape index (κ1) is 16.1. The zero-order chi connectivity index (χ0) is 15.6. The number of phosphoric acid groups is 1. The van der Waals surface area contributed by atoms with Gasteiger partial charge in [0.25, 0.3) is 0 Å². The first-order valence-electron chi connectivity index (χ1n) is 6.10. The van der Waals surface area contributed by atoms with E-state index in [0.29, 0.717) is 5.82 Å². The molecule has 118 valence electrons. The second kappa shape index (κ2) is 6.22. The van der Waals surface area contributed by atoms with Gasteiger partial charge in [-0.05, 0) is 6.07 Å². The van der Waals surface area contributed by atoms with Crippen LogP contribution in [0.4, 0.5) is 5.82 Å². The summed E-state index contributed by atoms with van der Waals surface area (Å²) in [7, 11) is -3.01. The minimum absolute atomic E-state index is 0.0929. The van der Waals surface area contributed by atoms with Crippen molar-refractivity contribution < 1.29 is 28.7 Å². The van der Waals surface area contributed by atoms with Crippen molar-refractivity contribution in [1.29, 1.82) is 0 Å². The smallest absolute Gasteiger partial charge is 0.390 e. The first-order valence-corrected chi connectivity index (χ1v) is 7.64. The van der Waals surface area contributed by atoms with Crippen molar-refractivity contribution in [3.05, 3.63) is 22.7 Å². The van der Waals surface area contributed by atoms with Gasteiger partial charge >= 0.3 is 13.5 Å². The van der Waals surface area contributed by atoms with Gasteiger partial charge in [-0.15, -0.1) is 0 Å². The van der Waals surface area contributed by atoms with E-state index >= 15 is 0 Å². The van der Waals surface area contributed by atoms with E-state index in [1.165, 1.54) is 10.8 Å². The van der Waals surface area contributed by atoms with Crippen molar-refractivity contribution in [3.63, 3.8) is 0 Å². The van der Waals surface area contributed by atoms with Crippen molar-refractivity contribution in [1.82, 2.24) is 9.55 Å². The number of ether oxygens (including phenoxy) is 1. The molecule has 2 rings (SSSR count). The highest BCUT2D eigenvalue weighted by molar-refractivity contribution is 7.46. The molecule has 0 aliphatic carbocycles. The maximum Gasteiger partial charge on any atom is 0.469 e. The van der Waals surface area contributed by atoms with Crippen LogP contribution in [0.25, 0.3) is 0 Å². The van der Waals surface area contributed by atoms with Crippen LogP contribution in [0.3, 0.4) is 0 Å². The molecule has 4 N–H and O–H groups in total. The molecule has 2 heterocycles. The Bertz CT molecular complexity index is 601. The molecule has 11 heteroatoms. The number of aliphatic hydroxyl groups is 1. The van der Waals surface area contributed by atoms with E-state index in [-0.39, 0.29) is 6.42 Å². The van der Waals surface area contributed by atoms with E-state index in [1.54, 1.807) is 13.1 Å². The quantitative estimate of drug-likeness (QED) is 0.504. The van der Waals surface area contributed by atoms with E-state index in [4.69, 9.17) is 14.5 Å². The van der Waals surface area contributed by atoms with Crippen LogP contribution in [0.15, 0.2) is 17.1 Å². The lowest BCUT2D eigenvalue weighted by molar-refractivity contribution is -0.0450.